The molecular weight excluding hydrogens is 245 g/mol. The Kier molecular flexibility index (Phi) is 5.77. The third kappa shape index (κ3) is 4.61. The molecule has 0 spiro atoms. The van der Waals surface area contributed by atoms with Crippen LogP contribution in [0, 0.1) is 5.82 Å². The van der Waals surface area contributed by atoms with E-state index in [1.807, 2.05) is 0 Å². The van der Waals surface area contributed by atoms with Crippen molar-refractivity contribution in [1.29, 1.82) is 0 Å². The lowest BCUT2D eigenvalue weighted by Crippen LogP contribution is -2.22. The molecule has 0 unspecified atom stereocenters. The van der Waals surface area contributed by atoms with Crippen LogP contribution in [0.5, 0.6) is 5.75 Å². The van der Waals surface area contributed by atoms with Gasteiger partial charge in [0.15, 0.2) is 11.6 Å². The second kappa shape index (κ2) is 7.12. The molecule has 0 aliphatic heterocycles. The normalized spacial score (nSPS) is 10.1. The topological polar surface area (TPSA) is 38.3 Å². The van der Waals surface area contributed by atoms with E-state index in [-0.39, 0.29) is 24.0 Å². The average Bonchev–Trinajstić information content (AvgIpc) is 2.30. The van der Waals surface area contributed by atoms with Gasteiger partial charge in [-0.1, -0.05) is 6.07 Å². The summed E-state index contributed by atoms with van der Waals surface area (Å²) in [4.78, 5) is 11.2. The number of hydrogen-bond donors (Lipinski definition) is 1. The number of halogens is 2. The van der Waals surface area contributed by atoms with Gasteiger partial charge in [0.05, 0.1) is 6.61 Å². The summed E-state index contributed by atoms with van der Waals surface area (Å²) in [5.74, 6) is -0.0581. The van der Waals surface area contributed by atoms with Crippen molar-refractivity contribution in [3.63, 3.8) is 0 Å². The Morgan fingerprint density at radius 2 is 2.29 bits per heavy atom. The standard InChI is InChI=1S/C12H15ClFNO2/c1-2-17-11-4-3-9(7-10(11)14)8-15-12(16)5-6-13/h3-4,7H,2,5-6,8H2,1H3,(H,15,16). The van der Waals surface area contributed by atoms with Gasteiger partial charge in [-0.25, -0.2) is 4.39 Å². The molecule has 0 fully saturated rings. The second-order valence-electron chi connectivity index (χ2n) is 3.41. The number of carbonyl (C=O) groups is 1. The van der Waals surface area contributed by atoms with Crippen molar-refractivity contribution in [2.24, 2.45) is 0 Å². The molecule has 1 aromatic carbocycles. The molecule has 1 aromatic rings. The van der Waals surface area contributed by atoms with Crippen molar-refractivity contribution in [3.05, 3.63) is 29.6 Å². The van der Waals surface area contributed by atoms with E-state index in [0.717, 1.165) is 0 Å². The van der Waals surface area contributed by atoms with Crippen molar-refractivity contribution in [1.82, 2.24) is 5.32 Å². The van der Waals surface area contributed by atoms with Crippen LogP contribution in [-0.2, 0) is 11.3 Å². The number of nitrogens with one attached hydrogen (secondary N) is 1. The van der Waals surface area contributed by atoms with Gasteiger partial charge >= 0.3 is 0 Å². The minimum absolute atomic E-state index is 0.144. The van der Waals surface area contributed by atoms with Crippen LogP contribution in [0.2, 0.25) is 0 Å². The molecule has 0 aliphatic rings. The van der Waals surface area contributed by atoms with Gasteiger partial charge < -0.3 is 10.1 Å². The number of benzene rings is 1. The molecular formula is C12H15ClFNO2. The lowest BCUT2D eigenvalue weighted by atomic mass is 10.2. The van der Waals surface area contributed by atoms with Crippen LogP contribution >= 0.6 is 11.6 Å². The summed E-state index contributed by atoms with van der Waals surface area (Å²) in [6.07, 6.45) is 0.265. The predicted octanol–water partition coefficient (Wildman–Crippen LogP) is 2.47. The molecule has 0 atom stereocenters. The highest BCUT2D eigenvalue weighted by Gasteiger charge is 2.05. The maximum atomic E-state index is 13.5. The fraction of sp³-hybridized carbons (Fsp3) is 0.417. The molecule has 0 saturated heterocycles. The maximum absolute atomic E-state index is 13.5. The van der Waals surface area contributed by atoms with E-state index in [1.165, 1.54) is 6.07 Å². The van der Waals surface area contributed by atoms with Crippen LogP contribution in [0.25, 0.3) is 0 Å². The molecule has 17 heavy (non-hydrogen) atoms. The Morgan fingerprint density at radius 1 is 1.53 bits per heavy atom. The van der Waals surface area contributed by atoms with Crippen LogP contribution in [0.4, 0.5) is 4.39 Å². The summed E-state index contributed by atoms with van der Waals surface area (Å²) in [6.45, 7) is 2.50. The molecule has 1 rings (SSSR count). The first-order valence-corrected chi connectivity index (χ1v) is 5.94. The Morgan fingerprint density at radius 3 is 2.88 bits per heavy atom. The summed E-state index contributed by atoms with van der Waals surface area (Å²) in [5, 5.41) is 2.65. The maximum Gasteiger partial charge on any atom is 0.221 e. The number of ether oxygens (including phenoxy) is 1. The molecule has 94 valence electrons. The molecule has 5 heteroatoms. The van der Waals surface area contributed by atoms with Crippen molar-refractivity contribution in [3.8, 4) is 5.75 Å². The quantitative estimate of drug-likeness (QED) is 0.797. The Balaban J connectivity index is 2.55. The summed E-state index contributed by atoms with van der Waals surface area (Å²) >= 11 is 5.42. The Hall–Kier alpha value is -1.29. The van der Waals surface area contributed by atoms with E-state index in [9.17, 15) is 9.18 Å². The Bertz CT molecular complexity index is 385. The SMILES string of the molecule is CCOc1ccc(CNC(=O)CCCl)cc1F. The van der Waals surface area contributed by atoms with Gasteiger partial charge in [-0.05, 0) is 24.6 Å². The first-order valence-electron chi connectivity index (χ1n) is 5.41. The van der Waals surface area contributed by atoms with Crippen LogP contribution in [0.15, 0.2) is 18.2 Å². The van der Waals surface area contributed by atoms with Crippen molar-refractivity contribution in [2.45, 2.75) is 19.9 Å². The van der Waals surface area contributed by atoms with Crippen LogP contribution in [0.3, 0.4) is 0 Å². The molecule has 1 N–H and O–H groups in total. The van der Waals surface area contributed by atoms with E-state index in [0.29, 0.717) is 18.7 Å². The zero-order valence-electron chi connectivity index (χ0n) is 9.63. The van der Waals surface area contributed by atoms with E-state index in [2.05, 4.69) is 5.32 Å². The minimum atomic E-state index is -0.420. The van der Waals surface area contributed by atoms with E-state index >= 15 is 0 Å². The Labute approximate surface area is 105 Å². The number of carbonyl (C=O) groups excluding carboxylic acids is 1. The van der Waals surface area contributed by atoms with Crippen LogP contribution < -0.4 is 10.1 Å². The van der Waals surface area contributed by atoms with Crippen LogP contribution in [0.1, 0.15) is 18.9 Å². The monoisotopic (exact) mass is 259 g/mol. The van der Waals surface area contributed by atoms with Gasteiger partial charge in [0.25, 0.3) is 0 Å². The van der Waals surface area contributed by atoms with Crippen molar-refractivity contribution >= 4 is 17.5 Å². The summed E-state index contributed by atoms with van der Waals surface area (Å²) in [6, 6.07) is 4.63. The van der Waals surface area contributed by atoms with Gasteiger partial charge in [0.1, 0.15) is 0 Å². The molecule has 0 aromatic heterocycles. The summed E-state index contributed by atoms with van der Waals surface area (Å²) in [5.41, 5.74) is 0.689. The van der Waals surface area contributed by atoms with Gasteiger partial charge in [0, 0.05) is 18.8 Å². The molecule has 0 saturated carbocycles. The molecule has 3 nitrogen and oxygen atoms in total. The second-order valence-corrected chi connectivity index (χ2v) is 3.79. The number of hydrogen-bond acceptors (Lipinski definition) is 2. The number of alkyl halides is 1. The largest absolute Gasteiger partial charge is 0.491 e. The van der Waals surface area contributed by atoms with E-state index in [1.54, 1.807) is 19.1 Å². The molecule has 1 amide bonds. The average molecular weight is 260 g/mol. The van der Waals surface area contributed by atoms with E-state index in [4.69, 9.17) is 16.3 Å². The lowest BCUT2D eigenvalue weighted by Gasteiger charge is -2.07. The van der Waals surface area contributed by atoms with Gasteiger partial charge in [-0.3, -0.25) is 4.79 Å². The highest BCUT2D eigenvalue weighted by molar-refractivity contribution is 6.18. The highest BCUT2D eigenvalue weighted by atomic mass is 35.5. The van der Waals surface area contributed by atoms with Crippen molar-refractivity contribution < 1.29 is 13.9 Å². The first kappa shape index (κ1) is 13.8. The third-order valence-corrected chi connectivity index (χ3v) is 2.30. The number of amides is 1. The lowest BCUT2D eigenvalue weighted by molar-refractivity contribution is -0.120. The van der Waals surface area contributed by atoms with E-state index < -0.39 is 5.82 Å². The molecule has 0 aliphatic carbocycles. The van der Waals surface area contributed by atoms with Crippen LogP contribution in [-0.4, -0.2) is 18.4 Å². The first-order chi connectivity index (χ1) is 8.17. The zero-order valence-corrected chi connectivity index (χ0v) is 10.4. The van der Waals surface area contributed by atoms with Gasteiger partial charge in [-0.2, -0.15) is 0 Å². The molecule has 0 heterocycles. The predicted molar refractivity (Wildman–Crippen MR) is 64.8 cm³/mol. The van der Waals surface area contributed by atoms with Gasteiger partial charge in [0.2, 0.25) is 5.91 Å². The molecule has 0 bridgehead atoms. The molecule has 0 radical (unpaired) electrons. The minimum Gasteiger partial charge on any atom is -0.491 e. The fourth-order valence-electron chi connectivity index (χ4n) is 1.30. The van der Waals surface area contributed by atoms with Crippen molar-refractivity contribution in [2.75, 3.05) is 12.5 Å². The smallest absolute Gasteiger partial charge is 0.221 e. The van der Waals surface area contributed by atoms with Gasteiger partial charge in [-0.15, -0.1) is 11.6 Å². The zero-order chi connectivity index (χ0) is 12.7. The summed E-state index contributed by atoms with van der Waals surface area (Å²) in [7, 11) is 0. The number of rotatable bonds is 6. The third-order valence-electron chi connectivity index (χ3n) is 2.11. The highest BCUT2D eigenvalue weighted by Crippen LogP contribution is 2.18. The fourth-order valence-corrected chi connectivity index (χ4v) is 1.47. The summed E-state index contributed by atoms with van der Waals surface area (Å²) < 4.78 is 18.5.